The molecule has 0 aliphatic heterocycles. The number of hydrogen-bond donors (Lipinski definition) is 1. The number of rotatable bonds is 1. The fourth-order valence-corrected chi connectivity index (χ4v) is 5.06. The average Bonchev–Trinajstić information content (AvgIpc) is 2.72. The van der Waals surface area contributed by atoms with Crippen molar-refractivity contribution in [2.45, 2.75) is 0 Å². The highest BCUT2D eigenvalue weighted by molar-refractivity contribution is 7.25. The minimum Gasteiger partial charge on any atom is -0.494 e. The number of carbonyl (C=O) groups is 2. The summed E-state index contributed by atoms with van der Waals surface area (Å²) in [6, 6.07) is 13.8. The van der Waals surface area contributed by atoms with Crippen LogP contribution in [-0.2, 0) is 0 Å². The van der Waals surface area contributed by atoms with Crippen LogP contribution >= 0.6 is 11.3 Å². The van der Waals surface area contributed by atoms with Gasteiger partial charge in [0.1, 0.15) is 0 Å². The van der Waals surface area contributed by atoms with E-state index in [1.807, 2.05) is 12.1 Å². The summed E-state index contributed by atoms with van der Waals surface area (Å²) < 4.78 is 6.60. The van der Waals surface area contributed by atoms with Gasteiger partial charge in [-0.3, -0.25) is 14.4 Å². The van der Waals surface area contributed by atoms with Crippen LogP contribution in [0.3, 0.4) is 0 Å². The van der Waals surface area contributed by atoms with E-state index in [1.54, 1.807) is 36.4 Å². The Labute approximate surface area is 163 Å². The number of methoxy groups -OCH3 is 1. The molecule has 1 heterocycles. The third-order valence-corrected chi connectivity index (χ3v) is 6.28. The summed E-state index contributed by atoms with van der Waals surface area (Å²) >= 11 is 1.29. The van der Waals surface area contributed by atoms with Crippen molar-refractivity contribution in [3.05, 3.63) is 81.0 Å². The zero-order valence-corrected chi connectivity index (χ0v) is 15.6. The maximum absolute atomic E-state index is 13.3. The third kappa shape index (κ3) is 1.98. The van der Waals surface area contributed by atoms with Crippen molar-refractivity contribution < 1.29 is 14.3 Å². The Hall–Kier alpha value is -3.51. The normalized spacial score (nSPS) is 12.9. The second-order valence-electron chi connectivity index (χ2n) is 6.53. The maximum atomic E-state index is 13.3. The zero-order valence-electron chi connectivity index (χ0n) is 14.7. The van der Waals surface area contributed by atoms with Crippen molar-refractivity contribution >= 4 is 48.8 Å². The fraction of sp³-hybridized carbons (Fsp3) is 0.0455. The minimum absolute atomic E-state index is 0.0254. The first-order chi connectivity index (χ1) is 13.5. The van der Waals surface area contributed by atoms with Crippen LogP contribution in [0.2, 0.25) is 0 Å². The molecule has 0 atom stereocenters. The van der Waals surface area contributed by atoms with Crippen LogP contribution in [0.15, 0.2) is 53.3 Å². The highest BCUT2D eigenvalue weighted by Gasteiger charge is 2.36. The summed E-state index contributed by atoms with van der Waals surface area (Å²) in [6.07, 6.45) is 0. The molecule has 5 nitrogen and oxygen atoms in total. The Morgan fingerprint density at radius 2 is 1.46 bits per heavy atom. The molecule has 0 bridgehead atoms. The van der Waals surface area contributed by atoms with Gasteiger partial charge < -0.3 is 10.5 Å². The quantitative estimate of drug-likeness (QED) is 0.349. The number of ether oxygens (including phenoxy) is 1. The molecule has 5 rings (SSSR count). The summed E-state index contributed by atoms with van der Waals surface area (Å²) in [4.78, 5) is 39.7. The SMILES string of the molecule is COc1c(N)c2c(c3sc4ccccc4c(=O)c13)C(=O)c1ccccc1C2=O. The number of hydrogen-bond acceptors (Lipinski definition) is 6. The minimum atomic E-state index is -0.337. The second-order valence-corrected chi connectivity index (χ2v) is 7.58. The summed E-state index contributed by atoms with van der Waals surface area (Å²) in [5, 5.41) is 0.760. The van der Waals surface area contributed by atoms with Crippen LogP contribution in [0.1, 0.15) is 31.8 Å². The molecule has 0 unspecified atom stereocenters. The lowest BCUT2D eigenvalue weighted by Gasteiger charge is -2.22. The van der Waals surface area contributed by atoms with Gasteiger partial charge in [-0.1, -0.05) is 36.4 Å². The van der Waals surface area contributed by atoms with Crippen LogP contribution in [0, 0.1) is 0 Å². The topological polar surface area (TPSA) is 86.5 Å². The largest absolute Gasteiger partial charge is 0.494 e. The van der Waals surface area contributed by atoms with E-state index >= 15 is 0 Å². The molecule has 1 aliphatic rings. The van der Waals surface area contributed by atoms with Crippen LogP contribution in [-0.4, -0.2) is 18.7 Å². The predicted molar refractivity (Wildman–Crippen MR) is 110 cm³/mol. The summed E-state index contributed by atoms with van der Waals surface area (Å²) in [6.45, 7) is 0. The zero-order chi connectivity index (χ0) is 19.6. The predicted octanol–water partition coefficient (Wildman–Crippen LogP) is 3.78. The van der Waals surface area contributed by atoms with Gasteiger partial charge in [-0.15, -0.1) is 11.3 Å². The van der Waals surface area contributed by atoms with Crippen molar-refractivity contribution in [2.75, 3.05) is 12.8 Å². The van der Waals surface area contributed by atoms with E-state index in [2.05, 4.69) is 0 Å². The lowest BCUT2D eigenvalue weighted by Crippen LogP contribution is -2.24. The molecule has 0 saturated heterocycles. The van der Waals surface area contributed by atoms with Gasteiger partial charge in [-0.05, 0) is 12.1 Å². The molecule has 2 N–H and O–H groups in total. The molecule has 3 aromatic carbocycles. The molecule has 4 aromatic rings. The number of anilines is 1. The van der Waals surface area contributed by atoms with Crippen LogP contribution in [0.5, 0.6) is 5.75 Å². The van der Waals surface area contributed by atoms with Crippen LogP contribution in [0.25, 0.3) is 20.2 Å². The number of fused-ring (bicyclic) bond motifs is 5. The van der Waals surface area contributed by atoms with Crippen molar-refractivity contribution in [3.8, 4) is 5.75 Å². The van der Waals surface area contributed by atoms with E-state index in [-0.39, 0.29) is 44.9 Å². The molecule has 1 aliphatic carbocycles. The molecular formula is C22H13NO4S. The highest BCUT2D eigenvalue weighted by atomic mass is 32.1. The molecule has 136 valence electrons. The van der Waals surface area contributed by atoms with Crippen molar-refractivity contribution in [1.29, 1.82) is 0 Å². The first-order valence-electron chi connectivity index (χ1n) is 8.58. The standard InChI is InChI=1S/C22H13NO4S/c1-27-21-16-20(26)12-8-4-5-9-13(12)28-22(16)15-14(17(21)23)18(24)10-6-2-3-7-11(10)19(15)25/h2-9H,23H2,1H3. The van der Waals surface area contributed by atoms with Crippen LogP contribution in [0.4, 0.5) is 5.69 Å². The van der Waals surface area contributed by atoms with Crippen molar-refractivity contribution in [2.24, 2.45) is 0 Å². The maximum Gasteiger partial charge on any atom is 0.199 e. The molecule has 1 aromatic heterocycles. The highest BCUT2D eigenvalue weighted by Crippen LogP contribution is 2.44. The number of ketones is 2. The summed E-state index contributed by atoms with van der Waals surface area (Å²) in [5.74, 6) is -0.507. The molecular weight excluding hydrogens is 374 g/mol. The smallest absolute Gasteiger partial charge is 0.199 e. The Kier molecular flexibility index (Phi) is 3.41. The van der Waals surface area contributed by atoms with E-state index in [0.29, 0.717) is 21.2 Å². The van der Waals surface area contributed by atoms with E-state index in [9.17, 15) is 14.4 Å². The molecule has 0 fully saturated rings. The Balaban J connectivity index is 2.06. The Morgan fingerprint density at radius 3 is 2.14 bits per heavy atom. The molecule has 6 heteroatoms. The van der Waals surface area contributed by atoms with E-state index in [4.69, 9.17) is 10.5 Å². The van der Waals surface area contributed by atoms with Gasteiger partial charge >= 0.3 is 0 Å². The number of carbonyl (C=O) groups excluding carboxylic acids is 2. The third-order valence-electron chi connectivity index (χ3n) is 5.09. The second kappa shape index (κ2) is 5.74. The van der Waals surface area contributed by atoms with Gasteiger partial charge in [0.25, 0.3) is 0 Å². The monoisotopic (exact) mass is 387 g/mol. The molecule has 0 radical (unpaired) electrons. The molecule has 0 spiro atoms. The van der Waals surface area contributed by atoms with Gasteiger partial charge in [0.05, 0.1) is 34.0 Å². The Morgan fingerprint density at radius 1 is 0.857 bits per heavy atom. The number of nitrogens with two attached hydrogens (primary N) is 1. The van der Waals surface area contributed by atoms with E-state index in [1.165, 1.54) is 18.4 Å². The number of nitrogen functional groups attached to an aromatic ring is 1. The fourth-order valence-electron chi connectivity index (χ4n) is 3.83. The number of benzene rings is 3. The summed E-state index contributed by atoms with van der Waals surface area (Å²) in [5.41, 5.74) is 6.95. The lowest BCUT2D eigenvalue weighted by molar-refractivity contribution is 0.0981. The van der Waals surface area contributed by atoms with E-state index in [0.717, 1.165) is 4.70 Å². The van der Waals surface area contributed by atoms with E-state index < -0.39 is 0 Å². The first kappa shape index (κ1) is 16.6. The van der Waals surface area contributed by atoms with Crippen molar-refractivity contribution in [1.82, 2.24) is 0 Å². The Bertz CT molecular complexity index is 1420. The molecule has 0 saturated carbocycles. The summed E-state index contributed by atoms with van der Waals surface area (Å²) in [7, 11) is 1.40. The first-order valence-corrected chi connectivity index (χ1v) is 9.39. The van der Waals surface area contributed by atoms with Gasteiger partial charge in [-0.2, -0.15) is 0 Å². The van der Waals surface area contributed by atoms with Crippen molar-refractivity contribution in [3.63, 3.8) is 0 Å². The van der Waals surface area contributed by atoms with Gasteiger partial charge in [0, 0.05) is 21.2 Å². The van der Waals surface area contributed by atoms with Gasteiger partial charge in [-0.25, -0.2) is 0 Å². The average molecular weight is 387 g/mol. The molecule has 28 heavy (non-hydrogen) atoms. The molecule has 0 amide bonds. The van der Waals surface area contributed by atoms with Crippen LogP contribution < -0.4 is 15.9 Å². The van der Waals surface area contributed by atoms with Gasteiger partial charge in [0.2, 0.25) is 0 Å². The lowest BCUT2D eigenvalue weighted by atomic mass is 9.82. The van der Waals surface area contributed by atoms with Gasteiger partial charge in [0.15, 0.2) is 22.7 Å².